The molecule has 0 aliphatic carbocycles. The fourth-order valence-corrected chi connectivity index (χ4v) is 2.20. The molecule has 2 aliphatic rings. The number of hydrogen-bond donors (Lipinski definition) is 0. The lowest BCUT2D eigenvalue weighted by molar-refractivity contribution is -0.121. The number of ether oxygens (including phenoxy) is 1. The van der Waals surface area contributed by atoms with Crippen LogP contribution in [0.15, 0.2) is 27.9 Å². The second-order valence-corrected chi connectivity index (χ2v) is 4.87. The van der Waals surface area contributed by atoms with Crippen molar-refractivity contribution >= 4 is 33.4 Å². The lowest BCUT2D eigenvalue weighted by atomic mass is 10.0. The molecule has 3 heterocycles. The maximum Gasteiger partial charge on any atom is 0.260 e. The second-order valence-electron chi connectivity index (χ2n) is 3.95. The predicted octanol–water partition coefficient (Wildman–Crippen LogP) is 1.58. The van der Waals surface area contributed by atoms with E-state index < -0.39 is 0 Å². The highest BCUT2D eigenvalue weighted by atomic mass is 79.9. The zero-order valence-electron chi connectivity index (χ0n) is 8.97. The average molecular weight is 296 g/mol. The van der Waals surface area contributed by atoms with Crippen LogP contribution in [0.2, 0.25) is 0 Å². The summed E-state index contributed by atoms with van der Waals surface area (Å²) in [5, 5.41) is 5.71. The highest BCUT2D eigenvalue weighted by Crippen LogP contribution is 2.26. The van der Waals surface area contributed by atoms with E-state index in [9.17, 15) is 4.79 Å². The second kappa shape index (κ2) is 4.19. The first-order valence-electron chi connectivity index (χ1n) is 5.36. The summed E-state index contributed by atoms with van der Waals surface area (Å²) in [5.41, 5.74) is 0.908. The molecular weight excluding hydrogens is 286 g/mol. The smallest absolute Gasteiger partial charge is 0.260 e. The van der Waals surface area contributed by atoms with Gasteiger partial charge in [0.1, 0.15) is 5.92 Å². The van der Waals surface area contributed by atoms with E-state index >= 15 is 0 Å². The zero-order valence-corrected chi connectivity index (χ0v) is 10.6. The van der Waals surface area contributed by atoms with Gasteiger partial charge in [0.2, 0.25) is 0 Å². The van der Waals surface area contributed by atoms with Gasteiger partial charge in [-0.25, -0.2) is 4.98 Å². The molecule has 3 rings (SSSR count). The third-order valence-electron chi connectivity index (χ3n) is 2.85. The Kier molecular flexibility index (Phi) is 2.68. The van der Waals surface area contributed by atoms with Crippen molar-refractivity contribution in [2.24, 2.45) is 11.0 Å². The topological polar surface area (TPSA) is 54.8 Å². The number of rotatable bonds is 1. The molecule has 0 N–H and O–H groups in total. The molecule has 1 unspecified atom stereocenters. The van der Waals surface area contributed by atoms with E-state index in [0.29, 0.717) is 19.0 Å². The van der Waals surface area contributed by atoms with E-state index in [1.165, 1.54) is 5.01 Å². The molecule has 2 aliphatic heterocycles. The van der Waals surface area contributed by atoms with Crippen LogP contribution < -0.4 is 5.01 Å². The molecule has 1 aromatic heterocycles. The van der Waals surface area contributed by atoms with Gasteiger partial charge in [-0.1, -0.05) is 0 Å². The van der Waals surface area contributed by atoms with Crippen LogP contribution in [-0.2, 0) is 9.53 Å². The molecule has 1 aromatic rings. The van der Waals surface area contributed by atoms with Gasteiger partial charge in [-0.3, -0.25) is 4.79 Å². The normalized spacial score (nSPS) is 23.6. The molecule has 0 aromatic carbocycles. The minimum Gasteiger partial charge on any atom is -0.380 e. The van der Waals surface area contributed by atoms with E-state index in [4.69, 9.17) is 4.74 Å². The molecule has 0 saturated carbocycles. The minimum absolute atomic E-state index is 0.0467. The van der Waals surface area contributed by atoms with Crippen molar-refractivity contribution in [1.82, 2.24) is 4.98 Å². The van der Waals surface area contributed by atoms with Crippen molar-refractivity contribution in [3.05, 3.63) is 22.8 Å². The van der Waals surface area contributed by atoms with E-state index in [-0.39, 0.29) is 11.8 Å². The fraction of sp³-hybridized carbons (Fsp3) is 0.364. The first-order chi connectivity index (χ1) is 8.25. The minimum atomic E-state index is -0.214. The lowest BCUT2D eigenvalue weighted by Gasteiger charge is -2.17. The van der Waals surface area contributed by atoms with Gasteiger partial charge >= 0.3 is 0 Å². The van der Waals surface area contributed by atoms with Crippen LogP contribution in [0.1, 0.15) is 6.42 Å². The largest absolute Gasteiger partial charge is 0.380 e. The Balaban J connectivity index is 1.92. The van der Waals surface area contributed by atoms with Gasteiger partial charge in [0.25, 0.3) is 5.91 Å². The van der Waals surface area contributed by atoms with Crippen LogP contribution in [0.3, 0.4) is 0 Å². The molecule has 17 heavy (non-hydrogen) atoms. The molecule has 5 nitrogen and oxygen atoms in total. The Morgan fingerprint density at radius 1 is 1.47 bits per heavy atom. The van der Waals surface area contributed by atoms with Gasteiger partial charge in [-0.2, -0.15) is 10.1 Å². The third kappa shape index (κ3) is 1.87. The van der Waals surface area contributed by atoms with Gasteiger partial charge in [0.15, 0.2) is 5.82 Å². The summed E-state index contributed by atoms with van der Waals surface area (Å²) < 4.78 is 6.18. The van der Waals surface area contributed by atoms with Crippen LogP contribution in [-0.4, -0.2) is 29.8 Å². The summed E-state index contributed by atoms with van der Waals surface area (Å²) in [5.74, 6) is 0.295. The summed E-state index contributed by atoms with van der Waals surface area (Å²) in [6.07, 6.45) is 2.38. The quantitative estimate of drug-likeness (QED) is 0.790. The molecule has 1 atom stereocenters. The van der Waals surface area contributed by atoms with Crippen LogP contribution in [0.25, 0.3) is 0 Å². The number of aromatic nitrogens is 1. The van der Waals surface area contributed by atoms with Gasteiger partial charge in [-0.15, -0.1) is 0 Å². The van der Waals surface area contributed by atoms with Gasteiger partial charge in [0.05, 0.1) is 18.9 Å². The number of pyridine rings is 1. The number of carbonyl (C=O) groups is 1. The van der Waals surface area contributed by atoms with E-state index in [2.05, 4.69) is 26.0 Å². The summed E-state index contributed by atoms with van der Waals surface area (Å²) >= 11 is 3.31. The Morgan fingerprint density at radius 2 is 2.35 bits per heavy atom. The summed E-state index contributed by atoms with van der Waals surface area (Å²) in [4.78, 5) is 16.3. The highest BCUT2D eigenvalue weighted by Gasteiger charge is 2.38. The molecule has 6 heteroatoms. The number of amides is 1. The Labute approximate surface area is 107 Å². The van der Waals surface area contributed by atoms with Crippen LogP contribution in [0, 0.1) is 5.92 Å². The molecule has 1 amide bonds. The monoisotopic (exact) mass is 295 g/mol. The van der Waals surface area contributed by atoms with Crippen molar-refractivity contribution in [3.63, 3.8) is 0 Å². The van der Waals surface area contributed by atoms with Crippen molar-refractivity contribution in [3.8, 4) is 0 Å². The van der Waals surface area contributed by atoms with Crippen LogP contribution in [0.5, 0.6) is 0 Å². The van der Waals surface area contributed by atoms with Crippen molar-refractivity contribution < 1.29 is 9.53 Å². The Bertz CT molecular complexity index is 486. The van der Waals surface area contributed by atoms with Crippen molar-refractivity contribution in [2.45, 2.75) is 6.42 Å². The Morgan fingerprint density at radius 3 is 3.06 bits per heavy atom. The number of halogens is 1. The van der Waals surface area contributed by atoms with Gasteiger partial charge in [0, 0.05) is 17.1 Å². The molecule has 88 valence electrons. The molecule has 1 fully saturated rings. The highest BCUT2D eigenvalue weighted by molar-refractivity contribution is 9.10. The number of fused-ring (bicyclic) bond motifs is 1. The number of carbonyl (C=O) groups excluding carboxylic acids is 1. The van der Waals surface area contributed by atoms with Gasteiger partial charge < -0.3 is 4.74 Å². The van der Waals surface area contributed by atoms with Crippen molar-refractivity contribution in [1.29, 1.82) is 0 Å². The number of nitrogens with zero attached hydrogens (tertiary/aromatic N) is 3. The maximum absolute atomic E-state index is 12.1. The molecular formula is C11H10BrN3O2. The first kappa shape index (κ1) is 10.9. The van der Waals surface area contributed by atoms with Crippen LogP contribution in [0.4, 0.5) is 5.82 Å². The number of anilines is 1. The summed E-state index contributed by atoms with van der Waals surface area (Å²) in [6.45, 7) is 1.08. The fourth-order valence-electron chi connectivity index (χ4n) is 1.96. The van der Waals surface area contributed by atoms with Crippen LogP contribution >= 0.6 is 15.9 Å². The third-order valence-corrected chi connectivity index (χ3v) is 3.32. The average Bonchev–Trinajstić information content (AvgIpc) is 2.69. The maximum atomic E-state index is 12.1. The molecule has 0 radical (unpaired) electrons. The molecule has 0 bridgehead atoms. The number of hydrazone groups is 1. The lowest BCUT2D eigenvalue weighted by Crippen LogP contribution is -2.34. The van der Waals surface area contributed by atoms with Gasteiger partial charge in [-0.05, 0) is 28.1 Å². The summed E-state index contributed by atoms with van der Waals surface area (Å²) in [7, 11) is 0. The standard InChI is InChI=1S/C11H10BrN3O2/c12-7-1-2-10(13-5-7)15-11(16)8-6-17-4-3-9(8)14-15/h1-2,5,8H,3-4,6H2. The molecule has 0 spiro atoms. The SMILES string of the molecule is O=C1C2COCCC2=NN1c1ccc(Br)cn1. The predicted molar refractivity (Wildman–Crippen MR) is 65.8 cm³/mol. The van der Waals surface area contributed by atoms with E-state index in [0.717, 1.165) is 16.6 Å². The summed E-state index contributed by atoms with van der Waals surface area (Å²) in [6, 6.07) is 3.61. The number of hydrogen-bond acceptors (Lipinski definition) is 4. The van der Waals surface area contributed by atoms with E-state index in [1.54, 1.807) is 12.3 Å². The zero-order chi connectivity index (χ0) is 11.8. The van der Waals surface area contributed by atoms with E-state index in [1.807, 2.05) is 6.07 Å². The first-order valence-corrected chi connectivity index (χ1v) is 6.15. The molecule has 1 saturated heterocycles. The Hall–Kier alpha value is -1.27. The van der Waals surface area contributed by atoms with Crippen molar-refractivity contribution in [2.75, 3.05) is 18.2 Å².